The van der Waals surface area contributed by atoms with E-state index in [1.54, 1.807) is 24.2 Å². The molecule has 3 heterocycles. The van der Waals surface area contributed by atoms with Crippen LogP contribution in [0.15, 0.2) is 18.6 Å². The molecular formula is C11H12N6O. The number of aromatic amines is 1. The van der Waals surface area contributed by atoms with E-state index in [0.717, 1.165) is 16.6 Å². The number of methoxy groups -OCH3 is 1. The van der Waals surface area contributed by atoms with Gasteiger partial charge in [0.2, 0.25) is 5.88 Å². The Morgan fingerprint density at radius 1 is 1.39 bits per heavy atom. The normalized spacial score (nSPS) is 11.0. The molecule has 0 saturated heterocycles. The maximum atomic E-state index is 5.70. The van der Waals surface area contributed by atoms with Crippen LogP contribution >= 0.6 is 0 Å². The van der Waals surface area contributed by atoms with Crippen LogP contribution in [-0.4, -0.2) is 31.8 Å². The third kappa shape index (κ3) is 1.48. The van der Waals surface area contributed by atoms with Crippen molar-refractivity contribution in [2.24, 2.45) is 7.05 Å². The predicted molar refractivity (Wildman–Crippen MR) is 67.1 cm³/mol. The first-order valence-corrected chi connectivity index (χ1v) is 5.36. The molecule has 0 aliphatic heterocycles. The zero-order valence-electron chi connectivity index (χ0n) is 10.0. The number of rotatable bonds is 2. The number of H-pyrrole nitrogens is 1. The highest BCUT2D eigenvalue weighted by Gasteiger charge is 2.14. The molecule has 0 bridgehead atoms. The summed E-state index contributed by atoms with van der Waals surface area (Å²) in [4.78, 5) is 11.5. The summed E-state index contributed by atoms with van der Waals surface area (Å²) in [6, 6.07) is 0. The van der Waals surface area contributed by atoms with Crippen LogP contribution in [0.2, 0.25) is 0 Å². The minimum absolute atomic E-state index is 0.335. The summed E-state index contributed by atoms with van der Waals surface area (Å²) in [6.07, 6.45) is 5.36. The summed E-state index contributed by atoms with van der Waals surface area (Å²) in [7, 11) is 3.42. The van der Waals surface area contributed by atoms with Crippen molar-refractivity contribution in [3.05, 3.63) is 18.6 Å². The van der Waals surface area contributed by atoms with Crippen molar-refractivity contribution in [3.8, 4) is 17.0 Å². The minimum Gasteiger partial charge on any atom is -0.479 e. The minimum atomic E-state index is 0.335. The van der Waals surface area contributed by atoms with Crippen molar-refractivity contribution in [1.82, 2.24) is 24.7 Å². The number of nitrogens with one attached hydrogen (secondary N) is 1. The number of pyridine rings is 1. The third-order valence-corrected chi connectivity index (χ3v) is 2.71. The Bertz CT molecular complexity index is 713. The molecular weight excluding hydrogens is 232 g/mol. The molecule has 92 valence electrons. The molecule has 0 amide bonds. The number of nitrogens with zero attached hydrogens (tertiary/aromatic N) is 4. The molecule has 3 rings (SSSR count). The number of nitrogen functional groups attached to an aromatic ring is 1. The molecule has 0 radical (unpaired) electrons. The van der Waals surface area contributed by atoms with Gasteiger partial charge in [0.15, 0.2) is 5.95 Å². The number of aromatic nitrogens is 5. The van der Waals surface area contributed by atoms with E-state index in [9.17, 15) is 0 Å². The van der Waals surface area contributed by atoms with E-state index in [2.05, 4.69) is 20.1 Å². The van der Waals surface area contributed by atoms with E-state index < -0.39 is 0 Å². The number of aryl methyl sites for hydroxylation is 1. The first-order chi connectivity index (χ1) is 8.69. The van der Waals surface area contributed by atoms with Crippen LogP contribution in [0.5, 0.6) is 5.88 Å². The van der Waals surface area contributed by atoms with Crippen LogP contribution in [0.3, 0.4) is 0 Å². The van der Waals surface area contributed by atoms with Gasteiger partial charge < -0.3 is 15.5 Å². The highest BCUT2D eigenvalue weighted by molar-refractivity contribution is 5.94. The summed E-state index contributed by atoms with van der Waals surface area (Å²) in [5.74, 6) is 0.809. The second kappa shape index (κ2) is 3.73. The zero-order valence-corrected chi connectivity index (χ0v) is 10.0. The van der Waals surface area contributed by atoms with Crippen molar-refractivity contribution in [2.45, 2.75) is 0 Å². The summed E-state index contributed by atoms with van der Waals surface area (Å²) in [6.45, 7) is 0. The highest BCUT2D eigenvalue weighted by atomic mass is 16.5. The van der Waals surface area contributed by atoms with Gasteiger partial charge in [-0.15, -0.1) is 0 Å². The van der Waals surface area contributed by atoms with Crippen molar-refractivity contribution < 1.29 is 4.74 Å². The average molecular weight is 244 g/mol. The smallest absolute Gasteiger partial charge is 0.239 e. The van der Waals surface area contributed by atoms with Crippen LogP contribution in [0, 0.1) is 0 Å². The number of anilines is 1. The topological polar surface area (TPSA) is 94.6 Å². The molecule has 0 atom stereocenters. The second-order valence-electron chi connectivity index (χ2n) is 3.93. The Labute approximate surface area is 103 Å². The van der Waals surface area contributed by atoms with Crippen LogP contribution in [-0.2, 0) is 7.05 Å². The van der Waals surface area contributed by atoms with Crippen molar-refractivity contribution >= 4 is 17.0 Å². The maximum absolute atomic E-state index is 5.70. The van der Waals surface area contributed by atoms with Gasteiger partial charge >= 0.3 is 0 Å². The summed E-state index contributed by atoms with van der Waals surface area (Å²) < 4.78 is 6.90. The Balaban J connectivity index is 2.30. The van der Waals surface area contributed by atoms with Crippen LogP contribution in [0.4, 0.5) is 5.95 Å². The van der Waals surface area contributed by atoms with E-state index in [0.29, 0.717) is 17.3 Å². The molecule has 18 heavy (non-hydrogen) atoms. The average Bonchev–Trinajstić information content (AvgIpc) is 2.93. The molecule has 7 nitrogen and oxygen atoms in total. The highest BCUT2D eigenvalue weighted by Crippen LogP contribution is 2.31. The monoisotopic (exact) mass is 244 g/mol. The van der Waals surface area contributed by atoms with Gasteiger partial charge in [-0.25, -0.2) is 9.97 Å². The van der Waals surface area contributed by atoms with Crippen molar-refractivity contribution in [3.63, 3.8) is 0 Å². The lowest BCUT2D eigenvalue weighted by Crippen LogP contribution is -1.90. The van der Waals surface area contributed by atoms with Gasteiger partial charge in [-0.1, -0.05) is 0 Å². The Morgan fingerprint density at radius 3 is 2.89 bits per heavy atom. The maximum Gasteiger partial charge on any atom is 0.239 e. The van der Waals surface area contributed by atoms with Gasteiger partial charge in [-0.3, -0.25) is 4.68 Å². The van der Waals surface area contributed by atoms with E-state index >= 15 is 0 Å². The zero-order chi connectivity index (χ0) is 12.7. The predicted octanol–water partition coefficient (Wildman–Crippen LogP) is 0.949. The Kier molecular flexibility index (Phi) is 2.19. The van der Waals surface area contributed by atoms with Crippen molar-refractivity contribution in [1.29, 1.82) is 0 Å². The second-order valence-corrected chi connectivity index (χ2v) is 3.93. The largest absolute Gasteiger partial charge is 0.479 e. The number of nitrogens with two attached hydrogens (primary N) is 1. The SMILES string of the molecule is COc1ncc(-c2cnn(C)c2)c2nc(N)[nH]c12. The lowest BCUT2D eigenvalue weighted by Gasteiger charge is -2.02. The molecule has 7 heteroatoms. The van der Waals surface area contributed by atoms with Gasteiger partial charge in [0, 0.05) is 30.6 Å². The summed E-state index contributed by atoms with van der Waals surface area (Å²) in [5, 5.41) is 4.14. The third-order valence-electron chi connectivity index (χ3n) is 2.71. The van der Waals surface area contributed by atoms with E-state index in [-0.39, 0.29) is 0 Å². The van der Waals surface area contributed by atoms with Gasteiger partial charge in [0.25, 0.3) is 0 Å². The molecule has 0 aliphatic rings. The van der Waals surface area contributed by atoms with E-state index in [4.69, 9.17) is 10.5 Å². The lowest BCUT2D eigenvalue weighted by atomic mass is 10.1. The van der Waals surface area contributed by atoms with Gasteiger partial charge in [0.05, 0.1) is 13.3 Å². The fourth-order valence-corrected chi connectivity index (χ4v) is 1.92. The quantitative estimate of drug-likeness (QED) is 0.699. The Morgan fingerprint density at radius 2 is 2.22 bits per heavy atom. The number of fused-ring (bicyclic) bond motifs is 1. The van der Waals surface area contributed by atoms with Crippen molar-refractivity contribution in [2.75, 3.05) is 12.8 Å². The molecule has 0 saturated carbocycles. The first kappa shape index (κ1) is 10.6. The van der Waals surface area contributed by atoms with Crippen LogP contribution < -0.4 is 10.5 Å². The molecule has 0 unspecified atom stereocenters. The van der Waals surface area contributed by atoms with Gasteiger partial charge in [-0.2, -0.15) is 5.10 Å². The number of hydrogen-bond donors (Lipinski definition) is 2. The molecule has 3 aromatic rings. The Hall–Kier alpha value is -2.57. The summed E-state index contributed by atoms with van der Waals surface area (Å²) in [5.41, 5.74) is 8.92. The molecule has 3 N–H and O–H groups in total. The molecule has 3 aromatic heterocycles. The number of ether oxygens (including phenoxy) is 1. The van der Waals surface area contributed by atoms with E-state index in [1.165, 1.54) is 0 Å². The van der Waals surface area contributed by atoms with Crippen LogP contribution in [0.25, 0.3) is 22.2 Å². The van der Waals surface area contributed by atoms with Gasteiger partial charge in [-0.05, 0) is 0 Å². The first-order valence-electron chi connectivity index (χ1n) is 5.36. The summed E-state index contributed by atoms with van der Waals surface area (Å²) >= 11 is 0. The fraction of sp³-hybridized carbons (Fsp3) is 0.182. The van der Waals surface area contributed by atoms with Crippen LogP contribution in [0.1, 0.15) is 0 Å². The number of imidazole rings is 1. The lowest BCUT2D eigenvalue weighted by molar-refractivity contribution is 0.402. The molecule has 0 aromatic carbocycles. The number of hydrogen-bond acceptors (Lipinski definition) is 5. The molecule has 0 fully saturated rings. The standard InChI is InChI=1S/C11H12N6O/c1-17-5-6(3-14-17)7-4-13-10(18-2)9-8(7)15-11(12)16-9/h3-5H,1-2H3,(H3,12,15,16). The molecule has 0 spiro atoms. The fourth-order valence-electron chi connectivity index (χ4n) is 1.92. The van der Waals surface area contributed by atoms with E-state index in [1.807, 2.05) is 13.2 Å². The van der Waals surface area contributed by atoms with Gasteiger partial charge in [0.1, 0.15) is 11.0 Å². The molecule has 0 aliphatic carbocycles.